The molecule has 12 N–H and O–H groups in total. The van der Waals surface area contributed by atoms with Gasteiger partial charge in [0.25, 0.3) is 0 Å². The number of hydrogen-bond donors (Lipinski definition) is 4. The molecule has 9 heteroatoms. The number of fused-ring (bicyclic) bond motifs is 1. The maximum Gasteiger partial charge on any atom is 0.124 e. The Balaban J connectivity index is 0.00000105. The topological polar surface area (TPSA) is 216 Å². The average molecular weight is 423 g/mol. The summed E-state index contributed by atoms with van der Waals surface area (Å²) < 4.78 is 6.81. The fourth-order valence-electron chi connectivity index (χ4n) is 7.82. The minimum absolute atomic E-state index is 0. The summed E-state index contributed by atoms with van der Waals surface area (Å²) in [6.45, 7) is 7.80. The van der Waals surface area contributed by atoms with Gasteiger partial charge in [-0.3, -0.25) is 0 Å². The lowest BCUT2D eigenvalue weighted by Gasteiger charge is -2.61. The molecule has 0 radical (unpaired) electrons. The number of aliphatic hydroxyl groups is 4. The van der Waals surface area contributed by atoms with E-state index in [0.29, 0.717) is 19.3 Å². The molecule has 0 amide bonds. The van der Waals surface area contributed by atoms with E-state index in [1.165, 1.54) is 0 Å². The van der Waals surface area contributed by atoms with E-state index < -0.39 is 45.9 Å². The number of ether oxygens (including phenoxy) is 1. The molecule has 9 nitrogen and oxygen atoms in total. The van der Waals surface area contributed by atoms with Gasteiger partial charge in [-0.15, -0.1) is 0 Å². The summed E-state index contributed by atoms with van der Waals surface area (Å²) in [5.41, 5.74) is -1.75. The molecule has 0 unspecified atom stereocenters. The van der Waals surface area contributed by atoms with E-state index in [1.807, 2.05) is 13.8 Å². The number of hydrogen-bond acceptors (Lipinski definition) is 5. The highest BCUT2D eigenvalue weighted by Crippen LogP contribution is 2.76. The Kier molecular flexibility index (Phi) is 6.09. The summed E-state index contributed by atoms with van der Waals surface area (Å²) in [6, 6.07) is 0. The average Bonchev–Trinajstić information content (AvgIpc) is 3.01. The fraction of sp³-hybridized carbons (Fsp3) is 0.900. The highest BCUT2D eigenvalue weighted by molar-refractivity contribution is 5.49. The molecule has 0 aromatic rings. The summed E-state index contributed by atoms with van der Waals surface area (Å²) in [5, 5.41) is 44.4. The van der Waals surface area contributed by atoms with Crippen molar-refractivity contribution >= 4 is 0 Å². The van der Waals surface area contributed by atoms with Gasteiger partial charge in [0.05, 0.1) is 29.5 Å². The van der Waals surface area contributed by atoms with E-state index >= 15 is 0 Å². The van der Waals surface area contributed by atoms with Crippen molar-refractivity contribution < 1.29 is 47.1 Å². The molecular weight excluding hydrogens is 384 g/mol. The van der Waals surface area contributed by atoms with Gasteiger partial charge in [-0.05, 0) is 38.7 Å². The van der Waals surface area contributed by atoms with Crippen LogP contribution in [0.25, 0.3) is 0 Å². The standard InChI is InChI=1S/C20H30O5.4H2O/c1-10-12-7-13(21)16(2,3)20(12)14(22)8-18(25-20)9-17(4,24)11-5-6-19(10,18)15(11)23;;;;/h11,13-15,21-24H,5-9H2,1-4H3;4*1H2/t11-,13+,14-,15-,17-,18-,19-,20+;;;;/m1..../s1. The largest absolute Gasteiger partial charge is 0.412 e. The van der Waals surface area contributed by atoms with Crippen molar-refractivity contribution in [1.82, 2.24) is 0 Å². The van der Waals surface area contributed by atoms with Crippen LogP contribution in [0.3, 0.4) is 0 Å². The minimum Gasteiger partial charge on any atom is -0.412 e. The second kappa shape index (κ2) is 6.69. The molecule has 5 aliphatic rings. The molecule has 3 aliphatic carbocycles. The predicted octanol–water partition coefficient (Wildman–Crippen LogP) is -2.02. The predicted molar refractivity (Wildman–Crippen MR) is 105 cm³/mol. The summed E-state index contributed by atoms with van der Waals surface area (Å²) >= 11 is 0. The normalized spacial score (nSPS) is 53.0. The SMILES string of the molecule is CC1=C2C[C@H](O)C(C)(C)[C@]23O[C@]2(C[C@H]3O)C[C@@](C)(O)[C@@H]3CC[C@]12[C@@H]3O.O.O.O.O. The van der Waals surface area contributed by atoms with E-state index in [4.69, 9.17) is 4.74 Å². The van der Waals surface area contributed by atoms with Crippen molar-refractivity contribution in [3.8, 4) is 0 Å². The van der Waals surface area contributed by atoms with E-state index in [9.17, 15) is 20.4 Å². The smallest absolute Gasteiger partial charge is 0.124 e. The maximum absolute atomic E-state index is 11.3. The molecule has 2 aliphatic heterocycles. The Labute approximate surface area is 170 Å². The molecule has 172 valence electrons. The third kappa shape index (κ3) is 2.26. The monoisotopic (exact) mass is 422 g/mol. The van der Waals surface area contributed by atoms with Crippen LogP contribution in [0.5, 0.6) is 0 Å². The van der Waals surface area contributed by atoms with Gasteiger partial charge in [-0.2, -0.15) is 0 Å². The second-order valence-electron chi connectivity index (χ2n) is 10.2. The fourth-order valence-corrected chi connectivity index (χ4v) is 7.82. The van der Waals surface area contributed by atoms with Crippen molar-refractivity contribution in [3.05, 3.63) is 11.1 Å². The van der Waals surface area contributed by atoms with Gasteiger partial charge in [-0.25, -0.2) is 0 Å². The third-order valence-electron chi connectivity index (χ3n) is 9.10. The molecule has 4 bridgehead atoms. The molecule has 1 saturated heterocycles. The van der Waals surface area contributed by atoms with Gasteiger partial charge in [0, 0.05) is 29.6 Å². The molecular formula is C20H38O9. The molecule has 3 saturated carbocycles. The lowest BCUT2D eigenvalue weighted by Crippen LogP contribution is -2.67. The Morgan fingerprint density at radius 3 is 2.14 bits per heavy atom. The van der Waals surface area contributed by atoms with Crippen LogP contribution in [0, 0.1) is 16.7 Å². The molecule has 29 heavy (non-hydrogen) atoms. The quantitative estimate of drug-likeness (QED) is 0.324. The lowest BCUT2D eigenvalue weighted by atomic mass is 9.54. The third-order valence-corrected chi connectivity index (χ3v) is 9.10. The summed E-state index contributed by atoms with van der Waals surface area (Å²) in [4.78, 5) is 0. The van der Waals surface area contributed by atoms with Gasteiger partial charge >= 0.3 is 0 Å². The Hall–Kier alpha value is -0.620. The zero-order valence-electron chi connectivity index (χ0n) is 17.5. The van der Waals surface area contributed by atoms with Crippen LogP contribution in [0.2, 0.25) is 0 Å². The highest BCUT2D eigenvalue weighted by Gasteiger charge is 2.81. The van der Waals surface area contributed by atoms with Crippen LogP contribution < -0.4 is 0 Å². The molecule has 0 aromatic heterocycles. The maximum atomic E-state index is 11.3. The molecule has 5 rings (SSSR count). The van der Waals surface area contributed by atoms with Crippen LogP contribution >= 0.6 is 0 Å². The first-order valence-electron chi connectivity index (χ1n) is 9.64. The first-order valence-corrected chi connectivity index (χ1v) is 9.64. The van der Waals surface area contributed by atoms with Gasteiger partial charge in [-0.1, -0.05) is 19.4 Å². The first kappa shape index (κ1) is 26.4. The van der Waals surface area contributed by atoms with Crippen LogP contribution in [-0.4, -0.2) is 77.4 Å². The van der Waals surface area contributed by atoms with Crippen LogP contribution in [-0.2, 0) is 4.74 Å². The molecule has 3 spiro atoms. The van der Waals surface area contributed by atoms with Crippen molar-refractivity contribution in [2.24, 2.45) is 16.7 Å². The van der Waals surface area contributed by atoms with Crippen molar-refractivity contribution in [2.45, 2.75) is 94.9 Å². The summed E-state index contributed by atoms with van der Waals surface area (Å²) in [5.74, 6) is -0.165. The van der Waals surface area contributed by atoms with Crippen molar-refractivity contribution in [1.29, 1.82) is 0 Å². The molecule has 4 fully saturated rings. The van der Waals surface area contributed by atoms with Gasteiger partial charge in [0.15, 0.2) is 0 Å². The lowest BCUT2D eigenvalue weighted by molar-refractivity contribution is -0.264. The minimum atomic E-state index is -1.01. The molecule has 0 aromatic carbocycles. The number of rotatable bonds is 0. The van der Waals surface area contributed by atoms with Crippen molar-refractivity contribution in [3.63, 3.8) is 0 Å². The molecule has 2 heterocycles. The zero-order valence-corrected chi connectivity index (χ0v) is 17.5. The van der Waals surface area contributed by atoms with Gasteiger partial charge < -0.3 is 47.1 Å². The van der Waals surface area contributed by atoms with Crippen LogP contribution in [0.4, 0.5) is 0 Å². The zero-order chi connectivity index (χ0) is 18.2. The highest BCUT2D eigenvalue weighted by atomic mass is 16.6. The van der Waals surface area contributed by atoms with E-state index in [0.717, 1.165) is 24.0 Å². The second-order valence-corrected chi connectivity index (χ2v) is 10.2. The van der Waals surface area contributed by atoms with Crippen LogP contribution in [0.1, 0.15) is 59.8 Å². The van der Waals surface area contributed by atoms with E-state index in [2.05, 4.69) is 6.92 Å². The van der Waals surface area contributed by atoms with Crippen LogP contribution in [0.15, 0.2) is 11.1 Å². The first-order chi connectivity index (χ1) is 11.5. The molecule has 8 atom stereocenters. The van der Waals surface area contributed by atoms with Gasteiger partial charge in [0.1, 0.15) is 5.60 Å². The number of aliphatic hydroxyl groups excluding tert-OH is 3. The van der Waals surface area contributed by atoms with Crippen molar-refractivity contribution in [2.75, 3.05) is 0 Å². The van der Waals surface area contributed by atoms with Gasteiger partial charge in [0.2, 0.25) is 0 Å². The Bertz CT molecular complexity index is 704. The summed E-state index contributed by atoms with van der Waals surface area (Å²) in [7, 11) is 0. The summed E-state index contributed by atoms with van der Waals surface area (Å²) in [6.07, 6.45) is 0.858. The van der Waals surface area contributed by atoms with E-state index in [1.54, 1.807) is 6.92 Å². The van der Waals surface area contributed by atoms with E-state index in [-0.39, 0.29) is 27.8 Å². The Morgan fingerprint density at radius 2 is 1.55 bits per heavy atom. The Morgan fingerprint density at radius 1 is 0.966 bits per heavy atom.